The fourth-order valence-electron chi connectivity index (χ4n) is 3.53. The molecule has 1 aliphatic rings. The number of likely N-dealkylation sites (tertiary alicyclic amines) is 1. The second kappa shape index (κ2) is 7.32. The van der Waals surface area contributed by atoms with Gasteiger partial charge in [-0.05, 0) is 37.1 Å². The zero-order chi connectivity index (χ0) is 19.0. The molecule has 3 heterocycles. The van der Waals surface area contributed by atoms with Gasteiger partial charge in [-0.1, -0.05) is 29.8 Å². The first-order valence-electron chi connectivity index (χ1n) is 8.80. The number of piperidine rings is 1. The zero-order valence-electron chi connectivity index (χ0n) is 14.8. The lowest BCUT2D eigenvalue weighted by Gasteiger charge is -2.32. The van der Waals surface area contributed by atoms with E-state index in [1.54, 1.807) is 23.7 Å². The minimum Gasteiger partial charge on any atom is -0.337 e. The van der Waals surface area contributed by atoms with Gasteiger partial charge in [0, 0.05) is 26.1 Å². The van der Waals surface area contributed by atoms with Crippen molar-refractivity contribution in [2.75, 3.05) is 13.1 Å². The van der Waals surface area contributed by atoms with Crippen LogP contribution in [0, 0.1) is 0 Å². The van der Waals surface area contributed by atoms with Gasteiger partial charge >= 0.3 is 5.69 Å². The molecule has 1 fully saturated rings. The van der Waals surface area contributed by atoms with Crippen molar-refractivity contribution >= 4 is 28.8 Å². The zero-order valence-corrected chi connectivity index (χ0v) is 16.4. The molecule has 1 aliphatic heterocycles. The van der Waals surface area contributed by atoms with Crippen molar-refractivity contribution in [2.45, 2.75) is 18.8 Å². The predicted octanol–water partition coefficient (Wildman–Crippen LogP) is 3.31. The lowest BCUT2D eigenvalue weighted by Crippen LogP contribution is -2.39. The van der Waals surface area contributed by atoms with E-state index in [1.165, 1.54) is 16.0 Å². The van der Waals surface area contributed by atoms with E-state index in [4.69, 9.17) is 11.6 Å². The fourth-order valence-corrected chi connectivity index (χ4v) is 4.54. The van der Waals surface area contributed by atoms with Crippen LogP contribution in [0.4, 0.5) is 0 Å². The molecule has 0 aliphatic carbocycles. The van der Waals surface area contributed by atoms with Gasteiger partial charge in [0.25, 0.3) is 5.91 Å². The van der Waals surface area contributed by atoms with Crippen LogP contribution in [0.25, 0.3) is 5.69 Å². The maximum Gasteiger partial charge on any atom is 0.350 e. The van der Waals surface area contributed by atoms with Crippen molar-refractivity contribution in [3.8, 4) is 5.69 Å². The van der Waals surface area contributed by atoms with Crippen LogP contribution in [0.3, 0.4) is 0 Å². The number of aryl methyl sites for hydroxylation is 1. The predicted molar refractivity (Wildman–Crippen MR) is 106 cm³/mol. The van der Waals surface area contributed by atoms with Gasteiger partial charge in [-0.15, -0.1) is 11.3 Å². The van der Waals surface area contributed by atoms with Gasteiger partial charge in [-0.3, -0.25) is 4.79 Å². The number of para-hydroxylation sites is 1. The van der Waals surface area contributed by atoms with E-state index in [9.17, 15) is 9.59 Å². The lowest BCUT2D eigenvalue weighted by molar-refractivity contribution is 0.0708. The molecule has 6 nitrogen and oxygen atoms in total. The molecule has 140 valence electrons. The normalized spacial score (nSPS) is 17.3. The van der Waals surface area contributed by atoms with E-state index >= 15 is 0 Å². The van der Waals surface area contributed by atoms with Crippen LogP contribution in [0.2, 0.25) is 4.34 Å². The second-order valence-electron chi connectivity index (χ2n) is 6.63. The maximum absolute atomic E-state index is 12.8. The van der Waals surface area contributed by atoms with Gasteiger partial charge in [0.1, 0.15) is 5.82 Å². The van der Waals surface area contributed by atoms with Crippen LogP contribution in [-0.4, -0.2) is 38.2 Å². The fraction of sp³-hybridized carbons (Fsp3) is 0.316. The number of aromatic nitrogens is 3. The quantitative estimate of drug-likeness (QED) is 0.675. The number of halogens is 1. The summed E-state index contributed by atoms with van der Waals surface area (Å²) in [5.41, 5.74) is 0.615. The van der Waals surface area contributed by atoms with Crippen molar-refractivity contribution < 1.29 is 4.79 Å². The van der Waals surface area contributed by atoms with Crippen molar-refractivity contribution in [2.24, 2.45) is 7.05 Å². The minimum absolute atomic E-state index is 0.00670. The minimum atomic E-state index is -0.176. The Hall–Kier alpha value is -2.38. The van der Waals surface area contributed by atoms with Gasteiger partial charge in [0.15, 0.2) is 0 Å². The second-order valence-corrected chi connectivity index (χ2v) is 8.34. The molecular weight excluding hydrogens is 384 g/mol. The Balaban J connectivity index is 1.65. The number of hydrogen-bond donors (Lipinski definition) is 0. The summed E-state index contributed by atoms with van der Waals surface area (Å²) in [5.74, 6) is 0.698. The van der Waals surface area contributed by atoms with Gasteiger partial charge in [0.05, 0.1) is 14.9 Å². The summed E-state index contributed by atoms with van der Waals surface area (Å²) in [6, 6.07) is 13.0. The molecule has 1 saturated heterocycles. The number of carbonyl (C=O) groups excluding carboxylic acids is 1. The highest BCUT2D eigenvalue weighted by molar-refractivity contribution is 7.17. The topological polar surface area (TPSA) is 60.1 Å². The third-order valence-electron chi connectivity index (χ3n) is 4.82. The first-order chi connectivity index (χ1) is 13.0. The largest absolute Gasteiger partial charge is 0.350 e. The molecular formula is C19H19ClN4O2S. The van der Waals surface area contributed by atoms with Gasteiger partial charge in [0.2, 0.25) is 0 Å². The van der Waals surface area contributed by atoms with E-state index in [-0.39, 0.29) is 17.5 Å². The van der Waals surface area contributed by atoms with Crippen molar-refractivity contribution in [1.82, 2.24) is 19.2 Å². The summed E-state index contributed by atoms with van der Waals surface area (Å²) >= 11 is 7.27. The monoisotopic (exact) mass is 402 g/mol. The summed E-state index contributed by atoms with van der Waals surface area (Å²) in [4.78, 5) is 27.9. The average molecular weight is 403 g/mol. The Morgan fingerprint density at radius 2 is 2.00 bits per heavy atom. The van der Waals surface area contributed by atoms with Crippen LogP contribution in [0.5, 0.6) is 0 Å². The number of benzene rings is 1. The van der Waals surface area contributed by atoms with Crippen molar-refractivity contribution in [1.29, 1.82) is 0 Å². The van der Waals surface area contributed by atoms with E-state index in [2.05, 4.69) is 5.10 Å². The summed E-state index contributed by atoms with van der Waals surface area (Å²) < 4.78 is 3.62. The van der Waals surface area contributed by atoms with Crippen molar-refractivity contribution in [3.63, 3.8) is 0 Å². The van der Waals surface area contributed by atoms with Crippen LogP contribution in [0.1, 0.15) is 34.3 Å². The standard InChI is InChI=1S/C19H19ClN4O2S/c1-22-19(26)24(14-7-3-2-4-8-14)17(21-22)13-6-5-11-23(12-13)18(25)15-9-10-16(20)27-15/h2-4,7-10,13H,5-6,11-12H2,1H3/t13-/m0/s1. The number of hydrogen-bond acceptors (Lipinski definition) is 4. The summed E-state index contributed by atoms with van der Waals surface area (Å²) in [5, 5.41) is 4.49. The maximum atomic E-state index is 12.8. The van der Waals surface area contributed by atoms with Crippen LogP contribution >= 0.6 is 22.9 Å². The molecule has 27 heavy (non-hydrogen) atoms. The molecule has 8 heteroatoms. The molecule has 0 radical (unpaired) electrons. The molecule has 3 aromatic rings. The molecule has 0 saturated carbocycles. The Labute approximate surface area is 165 Å². The number of thiophene rings is 1. The van der Waals surface area contributed by atoms with Crippen LogP contribution in [0.15, 0.2) is 47.3 Å². The molecule has 2 aromatic heterocycles. The lowest BCUT2D eigenvalue weighted by atomic mass is 9.96. The summed E-state index contributed by atoms with van der Waals surface area (Å²) in [6.07, 6.45) is 1.76. The van der Waals surface area contributed by atoms with Gasteiger partial charge < -0.3 is 4.90 Å². The number of carbonyl (C=O) groups is 1. The molecule has 1 aromatic carbocycles. The highest BCUT2D eigenvalue weighted by Crippen LogP contribution is 2.29. The first kappa shape index (κ1) is 18.0. The Bertz CT molecular complexity index is 1020. The number of rotatable bonds is 3. The van der Waals surface area contributed by atoms with Crippen LogP contribution < -0.4 is 5.69 Å². The molecule has 1 amide bonds. The Kier molecular flexibility index (Phi) is 4.88. The van der Waals surface area contributed by atoms with E-state index in [1.807, 2.05) is 35.2 Å². The van der Waals surface area contributed by atoms with E-state index < -0.39 is 0 Å². The van der Waals surface area contributed by atoms with Crippen LogP contribution in [-0.2, 0) is 7.05 Å². The molecule has 0 N–H and O–H groups in total. The van der Waals surface area contributed by atoms with Crippen molar-refractivity contribution in [3.05, 3.63) is 68.0 Å². The third kappa shape index (κ3) is 3.44. The molecule has 0 spiro atoms. The Morgan fingerprint density at radius 1 is 1.22 bits per heavy atom. The third-order valence-corrected chi connectivity index (χ3v) is 6.04. The summed E-state index contributed by atoms with van der Waals surface area (Å²) in [7, 11) is 1.66. The molecule has 4 rings (SSSR count). The molecule has 0 bridgehead atoms. The number of nitrogens with zero attached hydrogens (tertiary/aromatic N) is 4. The smallest absolute Gasteiger partial charge is 0.337 e. The number of amides is 1. The summed E-state index contributed by atoms with van der Waals surface area (Å²) in [6.45, 7) is 1.24. The highest BCUT2D eigenvalue weighted by atomic mass is 35.5. The first-order valence-corrected chi connectivity index (χ1v) is 10.00. The molecule has 0 unspecified atom stereocenters. The van der Waals surface area contributed by atoms with E-state index in [0.717, 1.165) is 18.5 Å². The Morgan fingerprint density at radius 3 is 2.70 bits per heavy atom. The SMILES string of the molecule is Cn1nc([C@H]2CCCN(C(=O)c3ccc(Cl)s3)C2)n(-c2ccccc2)c1=O. The van der Waals surface area contributed by atoms with Gasteiger partial charge in [-0.25, -0.2) is 14.0 Å². The van der Waals surface area contributed by atoms with E-state index in [0.29, 0.717) is 28.1 Å². The average Bonchev–Trinajstić information content (AvgIpc) is 3.25. The molecule has 1 atom stereocenters. The highest BCUT2D eigenvalue weighted by Gasteiger charge is 2.30. The van der Waals surface area contributed by atoms with Gasteiger partial charge in [-0.2, -0.15) is 5.10 Å².